The minimum Gasteiger partial charge on any atom is -0.495 e. The van der Waals surface area contributed by atoms with Crippen LogP contribution in [0.1, 0.15) is 11.4 Å². The SMILES string of the molecule is COc1ccc(C)cc1S(=O)(=O)Nc1cccn2nc(C#N)nc12. The predicted octanol–water partition coefficient (Wildman–Crippen LogP) is 1.72. The van der Waals surface area contributed by atoms with Crippen LogP contribution in [-0.4, -0.2) is 30.1 Å². The molecule has 0 bridgehead atoms. The Bertz CT molecular complexity index is 1070. The Balaban J connectivity index is 2.09. The van der Waals surface area contributed by atoms with E-state index in [1.54, 1.807) is 37.4 Å². The van der Waals surface area contributed by atoms with Gasteiger partial charge in [-0.2, -0.15) is 10.2 Å². The van der Waals surface area contributed by atoms with Crippen LogP contribution in [0.5, 0.6) is 5.75 Å². The molecule has 9 heteroatoms. The van der Waals surface area contributed by atoms with Gasteiger partial charge in [0.05, 0.1) is 12.8 Å². The molecule has 3 rings (SSSR count). The number of rotatable bonds is 4. The number of hydrogen-bond acceptors (Lipinski definition) is 6. The minimum absolute atomic E-state index is 0.0204. The first-order valence-electron chi connectivity index (χ1n) is 6.87. The summed E-state index contributed by atoms with van der Waals surface area (Å²) >= 11 is 0. The molecule has 0 spiro atoms. The normalized spacial score (nSPS) is 11.2. The molecule has 8 nitrogen and oxygen atoms in total. The Morgan fingerprint density at radius 2 is 2.12 bits per heavy atom. The maximum atomic E-state index is 12.7. The summed E-state index contributed by atoms with van der Waals surface area (Å²) in [4.78, 5) is 4.02. The number of hydrogen-bond donors (Lipinski definition) is 1. The molecule has 0 amide bonds. The summed E-state index contributed by atoms with van der Waals surface area (Å²) in [5.41, 5.74) is 1.24. The van der Waals surface area contributed by atoms with Crippen LogP contribution in [0.4, 0.5) is 5.69 Å². The first kappa shape index (κ1) is 15.8. The number of benzene rings is 1. The van der Waals surface area contributed by atoms with E-state index in [0.717, 1.165) is 5.56 Å². The molecule has 0 radical (unpaired) electrons. The highest BCUT2D eigenvalue weighted by Crippen LogP contribution is 2.27. The lowest BCUT2D eigenvalue weighted by molar-refractivity contribution is 0.402. The van der Waals surface area contributed by atoms with Crippen molar-refractivity contribution in [1.82, 2.24) is 14.6 Å². The lowest BCUT2D eigenvalue weighted by atomic mass is 10.2. The fourth-order valence-corrected chi connectivity index (χ4v) is 3.54. The van der Waals surface area contributed by atoms with E-state index >= 15 is 0 Å². The van der Waals surface area contributed by atoms with Gasteiger partial charge in [-0.05, 0) is 36.8 Å². The number of fused-ring (bicyclic) bond motifs is 1. The molecule has 0 unspecified atom stereocenters. The van der Waals surface area contributed by atoms with Gasteiger partial charge in [0.1, 0.15) is 16.7 Å². The number of nitrogens with one attached hydrogen (secondary N) is 1. The summed E-state index contributed by atoms with van der Waals surface area (Å²) in [7, 11) is -2.50. The quantitative estimate of drug-likeness (QED) is 0.772. The number of nitriles is 1. The number of ether oxygens (including phenoxy) is 1. The van der Waals surface area contributed by atoms with E-state index < -0.39 is 10.0 Å². The van der Waals surface area contributed by atoms with Crippen molar-refractivity contribution in [2.45, 2.75) is 11.8 Å². The maximum Gasteiger partial charge on any atom is 0.265 e. The van der Waals surface area contributed by atoms with Gasteiger partial charge in [0.2, 0.25) is 0 Å². The van der Waals surface area contributed by atoms with Crippen LogP contribution in [0.2, 0.25) is 0 Å². The van der Waals surface area contributed by atoms with Crippen molar-refractivity contribution in [2.24, 2.45) is 0 Å². The van der Waals surface area contributed by atoms with Gasteiger partial charge in [-0.1, -0.05) is 6.07 Å². The van der Waals surface area contributed by atoms with E-state index in [1.165, 1.54) is 17.7 Å². The third-order valence-electron chi connectivity index (χ3n) is 3.32. The summed E-state index contributed by atoms with van der Waals surface area (Å²) in [6, 6.07) is 9.85. The monoisotopic (exact) mass is 343 g/mol. The van der Waals surface area contributed by atoms with Gasteiger partial charge in [-0.25, -0.2) is 12.9 Å². The largest absolute Gasteiger partial charge is 0.495 e. The van der Waals surface area contributed by atoms with Crippen LogP contribution in [0, 0.1) is 18.3 Å². The maximum absolute atomic E-state index is 12.7. The molecule has 2 heterocycles. The molecule has 0 aliphatic carbocycles. The number of sulfonamides is 1. The molecule has 0 saturated heterocycles. The van der Waals surface area contributed by atoms with Crippen molar-refractivity contribution < 1.29 is 13.2 Å². The number of pyridine rings is 1. The van der Waals surface area contributed by atoms with E-state index in [-0.39, 0.29) is 27.8 Å². The fourth-order valence-electron chi connectivity index (χ4n) is 2.23. The van der Waals surface area contributed by atoms with Crippen LogP contribution in [-0.2, 0) is 10.0 Å². The average Bonchev–Trinajstić information content (AvgIpc) is 2.99. The molecule has 0 aliphatic rings. The van der Waals surface area contributed by atoms with Gasteiger partial charge in [0, 0.05) is 6.20 Å². The molecule has 122 valence electrons. The van der Waals surface area contributed by atoms with Gasteiger partial charge in [-0.3, -0.25) is 4.72 Å². The topological polar surface area (TPSA) is 109 Å². The highest BCUT2D eigenvalue weighted by molar-refractivity contribution is 7.92. The number of aromatic nitrogens is 3. The summed E-state index contributed by atoms with van der Waals surface area (Å²) in [5.74, 6) is 0.189. The van der Waals surface area contributed by atoms with Crippen LogP contribution >= 0.6 is 0 Å². The summed E-state index contributed by atoms with van der Waals surface area (Å²) in [6.07, 6.45) is 1.58. The standard InChI is InChI=1S/C15H13N5O3S/c1-10-5-6-12(23-2)13(8-10)24(21,22)19-11-4-3-7-20-15(11)17-14(9-16)18-20/h3-8,19H,1-2H3. The average molecular weight is 343 g/mol. The van der Waals surface area contributed by atoms with Crippen LogP contribution in [0.15, 0.2) is 41.4 Å². The van der Waals surface area contributed by atoms with E-state index in [4.69, 9.17) is 10.00 Å². The molecule has 1 N–H and O–H groups in total. The molecule has 2 aromatic heterocycles. The molecule has 0 saturated carbocycles. The molecule has 0 fully saturated rings. The third kappa shape index (κ3) is 2.75. The fraction of sp³-hybridized carbons (Fsp3) is 0.133. The van der Waals surface area contributed by atoms with E-state index in [1.807, 2.05) is 6.07 Å². The molecule has 1 aromatic carbocycles. The second kappa shape index (κ2) is 5.82. The summed E-state index contributed by atoms with van der Waals surface area (Å²) in [6.45, 7) is 1.79. The molecular weight excluding hydrogens is 330 g/mol. The number of nitrogens with zero attached hydrogens (tertiary/aromatic N) is 4. The molecule has 0 atom stereocenters. The van der Waals surface area contributed by atoms with Crippen molar-refractivity contribution in [1.29, 1.82) is 5.26 Å². The minimum atomic E-state index is -3.91. The van der Waals surface area contributed by atoms with Gasteiger partial charge in [0.15, 0.2) is 5.65 Å². The van der Waals surface area contributed by atoms with Crippen molar-refractivity contribution in [3.05, 3.63) is 47.9 Å². The second-order valence-corrected chi connectivity index (χ2v) is 6.65. The Kier molecular flexibility index (Phi) is 3.83. The van der Waals surface area contributed by atoms with Crippen LogP contribution in [0.3, 0.4) is 0 Å². The lowest BCUT2D eigenvalue weighted by Crippen LogP contribution is -2.15. The highest BCUT2D eigenvalue weighted by Gasteiger charge is 2.21. The first-order valence-corrected chi connectivity index (χ1v) is 8.36. The van der Waals surface area contributed by atoms with Gasteiger partial charge in [0.25, 0.3) is 15.8 Å². The van der Waals surface area contributed by atoms with Gasteiger partial charge in [-0.15, -0.1) is 5.10 Å². The number of anilines is 1. The van der Waals surface area contributed by atoms with E-state index in [9.17, 15) is 8.42 Å². The zero-order valence-corrected chi connectivity index (χ0v) is 13.7. The van der Waals surface area contributed by atoms with Crippen LogP contribution in [0.25, 0.3) is 5.65 Å². The molecular formula is C15H13N5O3S. The smallest absolute Gasteiger partial charge is 0.265 e. The second-order valence-electron chi connectivity index (χ2n) is 5.00. The first-order chi connectivity index (χ1) is 11.4. The third-order valence-corrected chi connectivity index (χ3v) is 4.70. The lowest BCUT2D eigenvalue weighted by Gasteiger charge is -2.12. The zero-order chi connectivity index (χ0) is 17.3. The Labute approximate surface area is 138 Å². The van der Waals surface area contributed by atoms with Gasteiger partial charge < -0.3 is 4.74 Å². The van der Waals surface area contributed by atoms with Crippen molar-refractivity contribution >= 4 is 21.4 Å². The Morgan fingerprint density at radius 3 is 2.83 bits per heavy atom. The number of methoxy groups -OCH3 is 1. The Hall–Kier alpha value is -3.12. The Morgan fingerprint density at radius 1 is 1.33 bits per heavy atom. The summed E-state index contributed by atoms with van der Waals surface area (Å²) in [5, 5.41) is 12.8. The molecule has 0 aliphatic heterocycles. The van der Waals surface area contributed by atoms with Crippen molar-refractivity contribution in [3.8, 4) is 11.8 Å². The van der Waals surface area contributed by atoms with Gasteiger partial charge >= 0.3 is 0 Å². The predicted molar refractivity (Wildman–Crippen MR) is 86.2 cm³/mol. The van der Waals surface area contributed by atoms with E-state index in [2.05, 4.69) is 14.8 Å². The van der Waals surface area contributed by atoms with Crippen LogP contribution < -0.4 is 9.46 Å². The molecule has 3 aromatic rings. The van der Waals surface area contributed by atoms with E-state index in [0.29, 0.717) is 0 Å². The molecule has 24 heavy (non-hydrogen) atoms. The summed E-state index contributed by atoms with van der Waals surface area (Å²) < 4.78 is 34.4. The highest BCUT2D eigenvalue weighted by atomic mass is 32.2. The van der Waals surface area contributed by atoms with Crippen molar-refractivity contribution in [2.75, 3.05) is 11.8 Å². The number of aryl methyl sites for hydroxylation is 1. The zero-order valence-electron chi connectivity index (χ0n) is 12.9. The van der Waals surface area contributed by atoms with Crippen molar-refractivity contribution in [3.63, 3.8) is 0 Å².